The van der Waals surface area contributed by atoms with Crippen molar-refractivity contribution in [2.75, 3.05) is 4.90 Å². The van der Waals surface area contributed by atoms with Gasteiger partial charge in [0.2, 0.25) is 5.60 Å². The van der Waals surface area contributed by atoms with E-state index in [-0.39, 0.29) is 16.3 Å². The molecule has 2 amide bonds. The molecule has 2 atom stereocenters. The number of hydrogen-bond acceptors (Lipinski definition) is 5. The molecule has 0 unspecified atom stereocenters. The minimum absolute atomic E-state index is 0.188. The van der Waals surface area contributed by atoms with Gasteiger partial charge in [0.05, 0.1) is 16.3 Å². The van der Waals surface area contributed by atoms with Crippen molar-refractivity contribution in [3.05, 3.63) is 28.3 Å². The van der Waals surface area contributed by atoms with Gasteiger partial charge in [-0.15, -0.1) is 0 Å². The molecular formula is C15H13ClN2O4. The minimum Gasteiger partial charge on any atom is -0.429 e. The standard InChI is InChI=1S/C15H13ClN2O4/c1-8-10(5-4-9(7-17)12(8)16)18-13(20)15(22-14(18)21)6-2-3-11(15)19/h4-5,11,19H,2-3,6H2,1H3/t11-,15-/m0/s1. The highest BCUT2D eigenvalue weighted by Crippen LogP contribution is 2.43. The van der Waals surface area contributed by atoms with Crippen molar-refractivity contribution in [3.63, 3.8) is 0 Å². The highest BCUT2D eigenvalue weighted by molar-refractivity contribution is 6.33. The second-order valence-corrected chi connectivity index (χ2v) is 5.87. The lowest BCUT2D eigenvalue weighted by Crippen LogP contribution is -2.47. The van der Waals surface area contributed by atoms with Crippen LogP contribution in [-0.4, -0.2) is 28.8 Å². The molecule has 22 heavy (non-hydrogen) atoms. The van der Waals surface area contributed by atoms with Gasteiger partial charge >= 0.3 is 6.09 Å². The third-order valence-corrected chi connectivity index (χ3v) is 4.79. The van der Waals surface area contributed by atoms with Gasteiger partial charge in [0.15, 0.2) is 0 Å². The molecule has 1 saturated carbocycles. The van der Waals surface area contributed by atoms with E-state index in [1.54, 1.807) is 6.92 Å². The number of ether oxygens (including phenoxy) is 1. The van der Waals surface area contributed by atoms with Crippen LogP contribution in [0, 0.1) is 18.3 Å². The van der Waals surface area contributed by atoms with Gasteiger partial charge in [-0.25, -0.2) is 9.69 Å². The maximum absolute atomic E-state index is 12.7. The lowest BCUT2D eigenvalue weighted by Gasteiger charge is -2.23. The van der Waals surface area contributed by atoms with Gasteiger partial charge in [0.25, 0.3) is 5.91 Å². The topological polar surface area (TPSA) is 90.6 Å². The van der Waals surface area contributed by atoms with Gasteiger partial charge < -0.3 is 9.84 Å². The van der Waals surface area contributed by atoms with Crippen LogP contribution in [0.3, 0.4) is 0 Å². The average Bonchev–Trinajstić information content (AvgIpc) is 2.96. The number of carbonyl (C=O) groups is 2. The third kappa shape index (κ3) is 1.83. The van der Waals surface area contributed by atoms with Crippen molar-refractivity contribution < 1.29 is 19.4 Å². The predicted octanol–water partition coefficient (Wildman–Crippen LogP) is 2.29. The minimum atomic E-state index is -1.48. The molecule has 0 aromatic heterocycles. The van der Waals surface area contributed by atoms with Crippen LogP contribution in [0.4, 0.5) is 10.5 Å². The molecule has 1 spiro atoms. The fourth-order valence-corrected chi connectivity index (χ4v) is 3.26. The summed E-state index contributed by atoms with van der Waals surface area (Å²) in [6.45, 7) is 1.62. The van der Waals surface area contributed by atoms with Gasteiger partial charge in [-0.3, -0.25) is 4.79 Å². The van der Waals surface area contributed by atoms with Gasteiger partial charge in [-0.2, -0.15) is 5.26 Å². The molecule has 3 rings (SSSR count). The lowest BCUT2D eigenvalue weighted by molar-refractivity contribution is -0.137. The largest absolute Gasteiger partial charge is 0.429 e. The van der Waals surface area contributed by atoms with Gasteiger partial charge in [0, 0.05) is 0 Å². The number of anilines is 1. The number of amides is 2. The van der Waals surface area contributed by atoms with Crippen LogP contribution in [0.25, 0.3) is 0 Å². The SMILES string of the molecule is Cc1c(N2C(=O)O[C@]3(CCC[C@@H]3O)C2=O)ccc(C#N)c1Cl. The first-order chi connectivity index (χ1) is 10.4. The molecule has 0 bridgehead atoms. The van der Waals surface area contributed by atoms with Crippen molar-refractivity contribution in [2.24, 2.45) is 0 Å². The fourth-order valence-electron chi connectivity index (χ4n) is 3.05. The highest BCUT2D eigenvalue weighted by atomic mass is 35.5. The summed E-state index contributed by atoms with van der Waals surface area (Å²) < 4.78 is 5.23. The van der Waals surface area contributed by atoms with Crippen molar-refractivity contribution in [1.29, 1.82) is 5.26 Å². The summed E-state index contributed by atoms with van der Waals surface area (Å²) in [7, 11) is 0. The van der Waals surface area contributed by atoms with E-state index in [1.807, 2.05) is 6.07 Å². The highest BCUT2D eigenvalue weighted by Gasteiger charge is 2.61. The number of aliphatic hydroxyl groups excluding tert-OH is 1. The molecule has 1 N–H and O–H groups in total. The fraction of sp³-hybridized carbons (Fsp3) is 0.400. The number of rotatable bonds is 1. The molecule has 7 heteroatoms. The van der Waals surface area contributed by atoms with Gasteiger partial charge in [-0.05, 0) is 43.9 Å². The zero-order valence-electron chi connectivity index (χ0n) is 11.8. The summed E-state index contributed by atoms with van der Waals surface area (Å²) in [6, 6.07) is 4.87. The Morgan fingerprint density at radius 3 is 2.82 bits per heavy atom. The first-order valence-corrected chi connectivity index (χ1v) is 7.25. The van der Waals surface area contributed by atoms with Crippen LogP contribution >= 0.6 is 11.6 Å². The molecule has 1 heterocycles. The molecule has 2 aliphatic rings. The molecule has 6 nitrogen and oxygen atoms in total. The van der Waals surface area contributed by atoms with Crippen molar-refractivity contribution >= 4 is 29.3 Å². The van der Waals surface area contributed by atoms with E-state index in [1.165, 1.54) is 12.1 Å². The monoisotopic (exact) mass is 320 g/mol. The molecular weight excluding hydrogens is 308 g/mol. The number of imide groups is 1. The van der Waals surface area contributed by atoms with E-state index in [9.17, 15) is 14.7 Å². The first kappa shape index (κ1) is 14.8. The zero-order chi connectivity index (χ0) is 16.1. The number of carbonyl (C=O) groups excluding carboxylic acids is 2. The maximum atomic E-state index is 12.7. The van der Waals surface area contributed by atoms with Crippen LogP contribution in [0.1, 0.15) is 30.4 Å². The van der Waals surface area contributed by atoms with E-state index in [4.69, 9.17) is 21.6 Å². The van der Waals surface area contributed by atoms with Crippen molar-refractivity contribution in [2.45, 2.75) is 37.9 Å². The molecule has 1 aromatic rings. The number of aliphatic hydroxyl groups is 1. The van der Waals surface area contributed by atoms with Crippen LogP contribution in [0.5, 0.6) is 0 Å². The quantitative estimate of drug-likeness (QED) is 0.857. The summed E-state index contributed by atoms with van der Waals surface area (Å²) in [6.07, 6.45) is -0.489. The van der Waals surface area contributed by atoms with E-state index in [0.717, 1.165) is 4.90 Å². The predicted molar refractivity (Wildman–Crippen MR) is 77.5 cm³/mol. The maximum Gasteiger partial charge on any atom is 0.422 e. The Hall–Kier alpha value is -2.10. The van der Waals surface area contributed by atoms with E-state index in [0.29, 0.717) is 24.8 Å². The smallest absolute Gasteiger partial charge is 0.422 e. The number of nitrogens with zero attached hydrogens (tertiary/aromatic N) is 2. The number of nitriles is 1. The molecule has 114 valence electrons. The summed E-state index contributed by atoms with van der Waals surface area (Å²) in [5.74, 6) is -0.577. The van der Waals surface area contributed by atoms with Crippen LogP contribution in [-0.2, 0) is 9.53 Å². The number of benzene rings is 1. The Bertz CT molecular complexity index is 727. The Labute approximate surface area is 131 Å². The van der Waals surface area contributed by atoms with E-state index in [2.05, 4.69) is 0 Å². The normalized spacial score (nSPS) is 27.4. The van der Waals surface area contributed by atoms with Gasteiger partial charge in [0.1, 0.15) is 12.2 Å². The number of hydrogen-bond donors (Lipinski definition) is 1. The van der Waals surface area contributed by atoms with Crippen LogP contribution in [0.2, 0.25) is 5.02 Å². The lowest BCUT2D eigenvalue weighted by atomic mass is 9.98. The molecule has 0 radical (unpaired) electrons. The van der Waals surface area contributed by atoms with E-state index >= 15 is 0 Å². The summed E-state index contributed by atoms with van der Waals surface area (Å²) in [5, 5.41) is 19.2. The average molecular weight is 321 g/mol. The molecule has 2 fully saturated rings. The van der Waals surface area contributed by atoms with Gasteiger partial charge in [-0.1, -0.05) is 11.6 Å². The zero-order valence-corrected chi connectivity index (χ0v) is 12.6. The van der Waals surface area contributed by atoms with Crippen LogP contribution in [0.15, 0.2) is 12.1 Å². The number of halogens is 1. The Morgan fingerprint density at radius 2 is 2.23 bits per heavy atom. The van der Waals surface area contributed by atoms with Crippen molar-refractivity contribution in [1.82, 2.24) is 0 Å². The van der Waals surface area contributed by atoms with Crippen molar-refractivity contribution in [3.8, 4) is 6.07 Å². The van der Waals surface area contributed by atoms with E-state index < -0.39 is 23.7 Å². The Balaban J connectivity index is 2.07. The summed E-state index contributed by atoms with van der Waals surface area (Å²) in [4.78, 5) is 25.8. The molecule has 1 aromatic carbocycles. The van der Waals surface area contributed by atoms with Crippen LogP contribution < -0.4 is 4.90 Å². The summed E-state index contributed by atoms with van der Waals surface area (Å²) >= 11 is 6.09. The third-order valence-electron chi connectivity index (χ3n) is 4.30. The second kappa shape index (κ2) is 4.97. The molecule has 1 aliphatic carbocycles. The molecule has 1 aliphatic heterocycles. The summed E-state index contributed by atoms with van der Waals surface area (Å²) in [5.41, 5.74) is -0.506. The Kier molecular flexibility index (Phi) is 3.35. The Morgan fingerprint density at radius 1 is 1.50 bits per heavy atom. The first-order valence-electron chi connectivity index (χ1n) is 6.87. The second-order valence-electron chi connectivity index (χ2n) is 5.49. The molecule has 1 saturated heterocycles.